The molecule has 3 heteroatoms. The van der Waals surface area contributed by atoms with E-state index in [4.69, 9.17) is 5.73 Å². The van der Waals surface area contributed by atoms with Crippen molar-refractivity contribution in [3.63, 3.8) is 0 Å². The molecule has 1 aromatic rings. The molecule has 1 aliphatic heterocycles. The van der Waals surface area contributed by atoms with Crippen LogP contribution in [0, 0.1) is 0 Å². The molecule has 0 spiro atoms. The van der Waals surface area contributed by atoms with Gasteiger partial charge in [-0.25, -0.2) is 0 Å². The maximum atomic E-state index is 6.07. The number of likely N-dealkylation sites (tertiary alicyclic amines) is 1. The molecule has 2 nitrogen and oxygen atoms in total. The van der Waals surface area contributed by atoms with E-state index in [1.807, 2.05) is 6.07 Å². The van der Waals surface area contributed by atoms with Crippen molar-refractivity contribution in [3.8, 4) is 0 Å². The van der Waals surface area contributed by atoms with Gasteiger partial charge in [-0.1, -0.05) is 48.9 Å². The SMILES string of the molecule is CC(N)C1CCCCN1C/C=C/c1ccccc1.Cl. The first-order chi connectivity index (χ1) is 8.77. The minimum atomic E-state index is 0. The van der Waals surface area contributed by atoms with Crippen molar-refractivity contribution in [1.82, 2.24) is 4.90 Å². The minimum absolute atomic E-state index is 0. The number of nitrogens with zero attached hydrogens (tertiary/aromatic N) is 1. The smallest absolute Gasteiger partial charge is 0.0247 e. The standard InChI is InChI=1S/C16H24N2.ClH/c1-14(17)16-11-5-6-12-18(16)13-7-10-15-8-3-2-4-9-15;/h2-4,7-10,14,16H,5-6,11-13,17H2,1H3;1H/b10-7+;. The summed E-state index contributed by atoms with van der Waals surface area (Å²) in [5.41, 5.74) is 7.34. The summed E-state index contributed by atoms with van der Waals surface area (Å²) in [6, 6.07) is 11.3. The molecule has 1 aromatic carbocycles. The molecule has 2 rings (SSSR count). The van der Waals surface area contributed by atoms with E-state index < -0.39 is 0 Å². The monoisotopic (exact) mass is 280 g/mol. The molecule has 1 heterocycles. The van der Waals surface area contributed by atoms with Gasteiger partial charge in [-0.15, -0.1) is 12.4 Å². The third-order valence-electron chi connectivity index (χ3n) is 3.72. The summed E-state index contributed by atoms with van der Waals surface area (Å²) in [6.07, 6.45) is 8.34. The normalized spacial score (nSPS) is 22.1. The van der Waals surface area contributed by atoms with Crippen LogP contribution in [-0.2, 0) is 0 Å². The average molecular weight is 281 g/mol. The predicted molar refractivity (Wildman–Crippen MR) is 85.6 cm³/mol. The Morgan fingerprint density at radius 2 is 2.05 bits per heavy atom. The largest absolute Gasteiger partial charge is 0.327 e. The quantitative estimate of drug-likeness (QED) is 0.917. The van der Waals surface area contributed by atoms with Crippen molar-refractivity contribution < 1.29 is 0 Å². The average Bonchev–Trinajstić information content (AvgIpc) is 2.40. The molecule has 1 fully saturated rings. The molecule has 2 N–H and O–H groups in total. The van der Waals surface area contributed by atoms with E-state index in [-0.39, 0.29) is 18.4 Å². The Morgan fingerprint density at radius 3 is 2.74 bits per heavy atom. The van der Waals surface area contributed by atoms with E-state index in [2.05, 4.69) is 48.2 Å². The molecule has 106 valence electrons. The van der Waals surface area contributed by atoms with Gasteiger partial charge < -0.3 is 5.73 Å². The van der Waals surface area contributed by atoms with Crippen molar-refractivity contribution in [1.29, 1.82) is 0 Å². The lowest BCUT2D eigenvalue weighted by molar-refractivity contribution is 0.146. The Labute approximate surface area is 123 Å². The zero-order valence-corrected chi connectivity index (χ0v) is 12.5. The van der Waals surface area contributed by atoms with Crippen LogP contribution in [-0.4, -0.2) is 30.1 Å². The molecular formula is C16H25ClN2. The number of nitrogens with two attached hydrogens (primary N) is 1. The van der Waals surface area contributed by atoms with Crippen LogP contribution in [0.15, 0.2) is 36.4 Å². The first-order valence-electron chi connectivity index (χ1n) is 6.98. The summed E-state index contributed by atoms with van der Waals surface area (Å²) >= 11 is 0. The van der Waals surface area contributed by atoms with E-state index >= 15 is 0 Å². The second-order valence-electron chi connectivity index (χ2n) is 5.23. The Bertz CT molecular complexity index is 376. The summed E-state index contributed by atoms with van der Waals surface area (Å²) in [4.78, 5) is 2.52. The van der Waals surface area contributed by atoms with Gasteiger partial charge in [0.2, 0.25) is 0 Å². The molecular weight excluding hydrogens is 256 g/mol. The van der Waals surface area contributed by atoms with Crippen LogP contribution in [0.1, 0.15) is 31.7 Å². The molecule has 19 heavy (non-hydrogen) atoms. The van der Waals surface area contributed by atoms with Crippen LogP contribution >= 0.6 is 12.4 Å². The van der Waals surface area contributed by atoms with Gasteiger partial charge in [0, 0.05) is 18.6 Å². The van der Waals surface area contributed by atoms with Crippen molar-refractivity contribution in [2.75, 3.05) is 13.1 Å². The maximum absolute atomic E-state index is 6.07. The van der Waals surface area contributed by atoms with Crippen LogP contribution in [0.25, 0.3) is 6.08 Å². The molecule has 0 aromatic heterocycles. The zero-order chi connectivity index (χ0) is 12.8. The number of halogens is 1. The van der Waals surface area contributed by atoms with Crippen LogP contribution in [0.3, 0.4) is 0 Å². The highest BCUT2D eigenvalue weighted by Crippen LogP contribution is 2.18. The summed E-state index contributed by atoms with van der Waals surface area (Å²) < 4.78 is 0. The first-order valence-corrected chi connectivity index (χ1v) is 6.98. The molecule has 0 bridgehead atoms. The minimum Gasteiger partial charge on any atom is -0.327 e. The number of hydrogen-bond donors (Lipinski definition) is 1. The number of hydrogen-bond acceptors (Lipinski definition) is 2. The predicted octanol–water partition coefficient (Wildman–Crippen LogP) is 3.32. The highest BCUT2D eigenvalue weighted by molar-refractivity contribution is 5.85. The Morgan fingerprint density at radius 1 is 1.32 bits per heavy atom. The summed E-state index contributed by atoms with van der Waals surface area (Å²) in [5, 5.41) is 0. The fraction of sp³-hybridized carbons (Fsp3) is 0.500. The number of rotatable bonds is 4. The maximum Gasteiger partial charge on any atom is 0.0247 e. The van der Waals surface area contributed by atoms with E-state index in [9.17, 15) is 0 Å². The van der Waals surface area contributed by atoms with Crippen LogP contribution in [0.4, 0.5) is 0 Å². The summed E-state index contributed by atoms with van der Waals surface area (Å²) in [6.45, 7) is 4.33. The lowest BCUT2D eigenvalue weighted by Gasteiger charge is -2.37. The summed E-state index contributed by atoms with van der Waals surface area (Å²) in [5.74, 6) is 0. The van der Waals surface area contributed by atoms with E-state index in [0.29, 0.717) is 6.04 Å². The second-order valence-corrected chi connectivity index (χ2v) is 5.23. The lowest BCUT2D eigenvalue weighted by atomic mass is 9.97. The fourth-order valence-corrected chi connectivity index (χ4v) is 2.73. The van der Waals surface area contributed by atoms with Gasteiger partial charge in [-0.2, -0.15) is 0 Å². The lowest BCUT2D eigenvalue weighted by Crippen LogP contribution is -2.49. The van der Waals surface area contributed by atoms with Crippen LogP contribution < -0.4 is 5.73 Å². The van der Waals surface area contributed by atoms with Crippen molar-refractivity contribution >= 4 is 18.5 Å². The third-order valence-corrected chi connectivity index (χ3v) is 3.72. The Balaban J connectivity index is 0.00000180. The van der Waals surface area contributed by atoms with Crippen molar-refractivity contribution in [2.24, 2.45) is 5.73 Å². The number of piperidine rings is 1. The van der Waals surface area contributed by atoms with Gasteiger partial charge in [0.1, 0.15) is 0 Å². The van der Waals surface area contributed by atoms with Gasteiger partial charge in [0.25, 0.3) is 0 Å². The molecule has 0 amide bonds. The molecule has 0 saturated carbocycles. The summed E-state index contributed by atoms with van der Waals surface area (Å²) in [7, 11) is 0. The van der Waals surface area contributed by atoms with Crippen molar-refractivity contribution in [3.05, 3.63) is 42.0 Å². The fourth-order valence-electron chi connectivity index (χ4n) is 2.73. The van der Waals surface area contributed by atoms with Crippen molar-refractivity contribution in [2.45, 2.75) is 38.3 Å². The van der Waals surface area contributed by atoms with E-state index in [1.54, 1.807) is 0 Å². The third kappa shape index (κ3) is 4.98. The molecule has 0 aliphatic carbocycles. The molecule has 1 saturated heterocycles. The van der Waals surface area contributed by atoms with Crippen LogP contribution in [0.5, 0.6) is 0 Å². The van der Waals surface area contributed by atoms with Crippen LogP contribution in [0.2, 0.25) is 0 Å². The van der Waals surface area contributed by atoms with Gasteiger partial charge in [0.15, 0.2) is 0 Å². The van der Waals surface area contributed by atoms with Gasteiger partial charge in [0.05, 0.1) is 0 Å². The Kier molecular flexibility index (Phi) is 7.14. The highest BCUT2D eigenvalue weighted by atomic mass is 35.5. The second kappa shape index (κ2) is 8.36. The molecule has 0 radical (unpaired) electrons. The number of benzene rings is 1. The molecule has 1 aliphatic rings. The van der Waals surface area contributed by atoms with E-state index in [1.165, 1.54) is 31.4 Å². The molecule has 2 unspecified atom stereocenters. The van der Waals surface area contributed by atoms with Gasteiger partial charge >= 0.3 is 0 Å². The topological polar surface area (TPSA) is 29.3 Å². The van der Waals surface area contributed by atoms with Gasteiger partial charge in [-0.3, -0.25) is 4.90 Å². The van der Waals surface area contributed by atoms with E-state index in [0.717, 1.165) is 6.54 Å². The van der Waals surface area contributed by atoms with Gasteiger partial charge in [-0.05, 0) is 31.9 Å². The first kappa shape index (κ1) is 16.2. The Hall–Kier alpha value is -0.830. The molecule has 2 atom stereocenters. The highest BCUT2D eigenvalue weighted by Gasteiger charge is 2.23. The zero-order valence-electron chi connectivity index (χ0n) is 11.7.